The van der Waals surface area contributed by atoms with Crippen molar-refractivity contribution in [3.8, 4) is 0 Å². The molecule has 3 heterocycles. The fourth-order valence-electron chi connectivity index (χ4n) is 9.19. The molecule has 0 aromatic heterocycles. The van der Waals surface area contributed by atoms with Crippen LogP contribution < -0.4 is 0 Å². The summed E-state index contributed by atoms with van der Waals surface area (Å²) in [6.45, 7) is 15.6. The van der Waals surface area contributed by atoms with Crippen molar-refractivity contribution >= 4 is 17.8 Å². The van der Waals surface area contributed by atoms with Gasteiger partial charge in [0.15, 0.2) is 11.9 Å². The van der Waals surface area contributed by atoms with Crippen LogP contribution in [-0.4, -0.2) is 114 Å². The van der Waals surface area contributed by atoms with E-state index in [0.717, 1.165) is 19.3 Å². The molecule has 4 rings (SSSR count). The molecular formula is C41H66N2O9. The number of aliphatic hydroxyl groups excluding tert-OH is 1. The zero-order valence-corrected chi connectivity index (χ0v) is 33.5. The number of nitrogens with zero attached hydrogens (tertiary/aromatic N) is 2. The minimum Gasteiger partial charge on any atom is -0.458 e. The van der Waals surface area contributed by atoms with Gasteiger partial charge in [0.05, 0.1) is 29.8 Å². The molecule has 1 aromatic carbocycles. The number of likely N-dealkylation sites (N-methyl/N-ethyl adjacent to an activating group) is 1. The van der Waals surface area contributed by atoms with Gasteiger partial charge in [-0.3, -0.25) is 9.59 Å². The van der Waals surface area contributed by atoms with Crippen molar-refractivity contribution < 1.29 is 43.2 Å². The standard InChI is InChI=1S/C41H66N2O9/c1-12-32-41(8)35(43(39(47)52-41)21-17-16-20-30-18-14-13-15-19-30)29(6)33(44)27(4)24-40(7,48-11)36(25(2)22-26(3)37(46)50-32)51-38-34(45)31(42(9)10)23-28(5)49-38/h13-15,18-19,25-29,31-32,34-36,38,45H,12,16-17,20-24H2,1-11H3/t25-,26+,27+,28+,29-,31-,32+,34+,35+,36+,38-,40-,41+/m0/s1. The van der Waals surface area contributed by atoms with Crippen LogP contribution in [0.5, 0.6) is 0 Å². The summed E-state index contributed by atoms with van der Waals surface area (Å²) in [5.41, 5.74) is -1.02. The van der Waals surface area contributed by atoms with Crippen LogP contribution in [0.15, 0.2) is 30.3 Å². The Bertz CT molecular complexity index is 1340. The number of esters is 1. The van der Waals surface area contributed by atoms with Gasteiger partial charge >= 0.3 is 12.1 Å². The predicted octanol–water partition coefficient (Wildman–Crippen LogP) is 6.03. The molecule has 1 amide bonds. The van der Waals surface area contributed by atoms with E-state index in [2.05, 4.69) is 12.1 Å². The number of hydrogen-bond acceptors (Lipinski definition) is 10. The number of methoxy groups -OCH3 is 1. The van der Waals surface area contributed by atoms with Gasteiger partial charge in [0.2, 0.25) is 0 Å². The molecule has 1 aromatic rings. The van der Waals surface area contributed by atoms with Crippen molar-refractivity contribution in [2.75, 3.05) is 27.7 Å². The molecule has 52 heavy (non-hydrogen) atoms. The van der Waals surface area contributed by atoms with Gasteiger partial charge in [-0.2, -0.15) is 0 Å². The van der Waals surface area contributed by atoms with Crippen molar-refractivity contribution in [2.24, 2.45) is 23.7 Å². The maximum absolute atomic E-state index is 14.6. The van der Waals surface area contributed by atoms with E-state index >= 15 is 0 Å². The highest BCUT2D eigenvalue weighted by Crippen LogP contribution is 2.43. The van der Waals surface area contributed by atoms with Crippen LogP contribution in [0.25, 0.3) is 0 Å². The number of Topliss-reactive ketones (excluding diaryl/α,β-unsaturated/α-hetero) is 1. The minimum atomic E-state index is -1.24. The smallest absolute Gasteiger partial charge is 0.410 e. The normalized spacial score (nSPS) is 39.5. The van der Waals surface area contributed by atoms with E-state index in [1.54, 1.807) is 12.0 Å². The Kier molecular flexibility index (Phi) is 14.4. The first kappa shape index (κ1) is 42.2. The van der Waals surface area contributed by atoms with Gasteiger partial charge in [-0.15, -0.1) is 0 Å². The summed E-state index contributed by atoms with van der Waals surface area (Å²) in [6.07, 6.45) is 0.284. The van der Waals surface area contributed by atoms with E-state index in [-0.39, 0.29) is 23.8 Å². The predicted molar refractivity (Wildman–Crippen MR) is 199 cm³/mol. The first-order chi connectivity index (χ1) is 24.5. The van der Waals surface area contributed by atoms with Gasteiger partial charge in [-0.25, -0.2) is 4.79 Å². The van der Waals surface area contributed by atoms with Crippen LogP contribution in [0.4, 0.5) is 4.79 Å². The monoisotopic (exact) mass is 730 g/mol. The summed E-state index contributed by atoms with van der Waals surface area (Å²) < 4.78 is 31.7. The number of fused-ring (bicyclic) bond motifs is 1. The van der Waals surface area contributed by atoms with E-state index in [1.807, 2.05) is 92.6 Å². The largest absolute Gasteiger partial charge is 0.458 e. The molecule has 3 aliphatic heterocycles. The lowest BCUT2D eigenvalue weighted by Gasteiger charge is -2.47. The molecule has 3 saturated heterocycles. The van der Waals surface area contributed by atoms with Crippen LogP contribution in [-0.2, 0) is 39.7 Å². The number of ketones is 1. The van der Waals surface area contributed by atoms with Crippen LogP contribution in [0.2, 0.25) is 0 Å². The average Bonchev–Trinajstić information content (AvgIpc) is 3.36. The Balaban J connectivity index is 1.68. The number of carbonyl (C=O) groups excluding carboxylic acids is 3. The molecule has 0 saturated carbocycles. The Morgan fingerprint density at radius 2 is 1.65 bits per heavy atom. The summed E-state index contributed by atoms with van der Waals surface area (Å²) in [5, 5.41) is 11.4. The van der Waals surface area contributed by atoms with Crippen LogP contribution in [0.3, 0.4) is 0 Å². The second-order valence-corrected chi connectivity index (χ2v) is 16.5. The highest BCUT2D eigenvalue weighted by molar-refractivity contribution is 5.85. The molecule has 3 aliphatic rings. The molecule has 11 nitrogen and oxygen atoms in total. The number of aryl methyl sites for hydroxylation is 1. The molecule has 0 spiro atoms. The van der Waals surface area contributed by atoms with E-state index < -0.39 is 71.7 Å². The van der Waals surface area contributed by atoms with Crippen molar-refractivity contribution in [2.45, 2.75) is 154 Å². The number of aliphatic hydroxyl groups is 1. The topological polar surface area (TPSA) is 124 Å². The number of cyclic esters (lactones) is 1. The third-order valence-electron chi connectivity index (χ3n) is 12.1. The lowest BCUT2D eigenvalue weighted by Crippen LogP contribution is -2.59. The Morgan fingerprint density at radius 3 is 2.27 bits per heavy atom. The number of carbonyl (C=O) groups is 3. The van der Waals surface area contributed by atoms with Crippen molar-refractivity contribution in [1.29, 1.82) is 0 Å². The summed E-state index contributed by atoms with van der Waals surface area (Å²) >= 11 is 0. The Morgan fingerprint density at radius 1 is 0.981 bits per heavy atom. The van der Waals surface area contributed by atoms with Crippen molar-refractivity contribution in [3.63, 3.8) is 0 Å². The molecule has 0 bridgehead atoms. The van der Waals surface area contributed by atoms with Crippen molar-refractivity contribution in [1.82, 2.24) is 9.80 Å². The third-order valence-corrected chi connectivity index (χ3v) is 12.1. The third kappa shape index (κ3) is 9.20. The van der Waals surface area contributed by atoms with E-state index in [1.165, 1.54) is 5.56 Å². The minimum absolute atomic E-state index is 0.0414. The van der Waals surface area contributed by atoms with Gasteiger partial charge in [0, 0.05) is 31.5 Å². The van der Waals surface area contributed by atoms with Gasteiger partial charge in [0.25, 0.3) is 0 Å². The van der Waals surface area contributed by atoms with Gasteiger partial charge in [-0.05, 0) is 91.3 Å². The summed E-state index contributed by atoms with van der Waals surface area (Å²) in [4.78, 5) is 45.9. The fraction of sp³-hybridized carbons (Fsp3) is 0.780. The van der Waals surface area contributed by atoms with Gasteiger partial charge < -0.3 is 38.6 Å². The van der Waals surface area contributed by atoms with Gasteiger partial charge in [0.1, 0.15) is 18.0 Å². The Hall–Kier alpha value is -2.57. The lowest BCUT2D eigenvalue weighted by atomic mass is 9.73. The summed E-state index contributed by atoms with van der Waals surface area (Å²) in [6, 6.07) is 9.39. The molecular weight excluding hydrogens is 664 g/mol. The molecule has 1 N–H and O–H groups in total. The highest BCUT2D eigenvalue weighted by atomic mass is 16.7. The zero-order valence-electron chi connectivity index (χ0n) is 33.5. The number of ether oxygens (including phenoxy) is 5. The molecule has 13 atom stereocenters. The molecule has 11 heteroatoms. The maximum atomic E-state index is 14.6. The second kappa shape index (κ2) is 17.7. The lowest BCUT2D eigenvalue weighted by molar-refractivity contribution is -0.297. The van der Waals surface area contributed by atoms with Crippen LogP contribution in [0, 0.1) is 23.7 Å². The maximum Gasteiger partial charge on any atom is 0.410 e. The van der Waals surface area contributed by atoms with Crippen LogP contribution >= 0.6 is 0 Å². The summed E-state index contributed by atoms with van der Waals surface area (Å²) in [7, 11) is 5.46. The first-order valence-corrected chi connectivity index (χ1v) is 19.5. The molecule has 0 aliphatic carbocycles. The first-order valence-electron chi connectivity index (χ1n) is 19.5. The van der Waals surface area contributed by atoms with Crippen LogP contribution in [0.1, 0.15) is 99.5 Å². The average molecular weight is 731 g/mol. The summed E-state index contributed by atoms with van der Waals surface area (Å²) in [5.74, 6) is -2.38. The highest BCUT2D eigenvalue weighted by Gasteiger charge is 2.60. The SMILES string of the molecule is CC[C@H]1OC(=O)[C@H](C)C[C@H](C)[C@@H](O[C@@H]2O[C@H](C)C[C@H](N(C)C)[C@H]2O)[C@@](C)(OC)C[C@@H](C)C(=O)[C@H](C)[C@H]2N(CCCCc3ccccc3)C(=O)O[C@]12C. The molecule has 294 valence electrons. The zero-order chi connectivity index (χ0) is 38.5. The number of unbranched alkanes of at least 4 members (excludes halogenated alkanes) is 1. The van der Waals surface area contributed by atoms with E-state index in [0.29, 0.717) is 32.2 Å². The molecule has 3 fully saturated rings. The number of rotatable bonds is 10. The second-order valence-electron chi connectivity index (χ2n) is 16.5. The Labute approximate surface area is 312 Å². The fourth-order valence-corrected chi connectivity index (χ4v) is 9.19. The van der Waals surface area contributed by atoms with E-state index in [9.17, 15) is 19.5 Å². The number of benzene rings is 1. The number of amides is 1. The quantitative estimate of drug-likeness (QED) is 0.225. The van der Waals surface area contributed by atoms with Crippen molar-refractivity contribution in [3.05, 3.63) is 35.9 Å². The van der Waals surface area contributed by atoms with Gasteiger partial charge in [-0.1, -0.05) is 65.0 Å². The molecule has 0 radical (unpaired) electrons. The van der Waals surface area contributed by atoms with E-state index in [4.69, 9.17) is 23.7 Å². The number of hydrogen-bond donors (Lipinski definition) is 1. The molecule has 0 unspecified atom stereocenters.